The van der Waals surface area contributed by atoms with Crippen LogP contribution in [0.3, 0.4) is 0 Å². The Morgan fingerprint density at radius 2 is 2.29 bits per heavy atom. The van der Waals surface area contributed by atoms with Crippen molar-refractivity contribution in [1.82, 2.24) is 4.98 Å². The molecule has 0 saturated heterocycles. The molecule has 1 heterocycles. The van der Waals surface area contributed by atoms with E-state index in [0.29, 0.717) is 0 Å². The van der Waals surface area contributed by atoms with E-state index in [2.05, 4.69) is 4.98 Å². The number of carboxylic acid groups (broad SMARTS) is 1. The van der Waals surface area contributed by atoms with E-state index in [9.17, 15) is 9.90 Å². The molecule has 1 aromatic rings. The van der Waals surface area contributed by atoms with E-state index in [1.54, 1.807) is 6.07 Å². The van der Waals surface area contributed by atoms with Gasteiger partial charge in [-0.1, -0.05) is 17.7 Å². The molecule has 4 N–H and O–H groups in total. The molecule has 0 aliphatic heterocycles. The highest BCUT2D eigenvalue weighted by molar-refractivity contribution is 6.30. The van der Waals surface area contributed by atoms with Crippen LogP contribution in [-0.2, 0) is 4.79 Å². The van der Waals surface area contributed by atoms with Crippen LogP contribution in [0.2, 0.25) is 5.15 Å². The maximum atomic E-state index is 10.5. The average Bonchev–Trinajstić information content (AvgIpc) is 2.16. The molecule has 0 aliphatic carbocycles. The summed E-state index contributed by atoms with van der Waals surface area (Å²) in [5.41, 5.74) is 5.44. The summed E-state index contributed by atoms with van der Waals surface area (Å²) < 4.78 is 0. The van der Waals surface area contributed by atoms with Crippen molar-refractivity contribution in [3.63, 3.8) is 0 Å². The molecule has 6 heteroatoms. The molecule has 1 rings (SSSR count). The van der Waals surface area contributed by atoms with Crippen LogP contribution in [0.4, 0.5) is 0 Å². The SMILES string of the molecule is NC(C(=O)O)C(O)c1cccnc1Cl. The van der Waals surface area contributed by atoms with Gasteiger partial charge in [0.15, 0.2) is 0 Å². The lowest BCUT2D eigenvalue weighted by Crippen LogP contribution is -2.36. The van der Waals surface area contributed by atoms with E-state index < -0.39 is 18.1 Å². The molecular formula is C8H9ClN2O3. The van der Waals surface area contributed by atoms with Gasteiger partial charge in [-0.2, -0.15) is 0 Å². The maximum absolute atomic E-state index is 10.5. The van der Waals surface area contributed by atoms with E-state index in [1.165, 1.54) is 12.3 Å². The number of carbonyl (C=O) groups is 1. The lowest BCUT2D eigenvalue weighted by molar-refractivity contribution is -0.141. The molecular weight excluding hydrogens is 208 g/mol. The highest BCUT2D eigenvalue weighted by Crippen LogP contribution is 2.22. The van der Waals surface area contributed by atoms with Crippen LogP contribution in [0.5, 0.6) is 0 Å². The third kappa shape index (κ3) is 2.20. The largest absolute Gasteiger partial charge is 0.480 e. The van der Waals surface area contributed by atoms with Gasteiger partial charge in [0, 0.05) is 11.8 Å². The second-order valence-corrected chi connectivity index (χ2v) is 3.05. The smallest absolute Gasteiger partial charge is 0.323 e. The zero-order valence-electron chi connectivity index (χ0n) is 7.09. The van der Waals surface area contributed by atoms with Crippen LogP contribution in [-0.4, -0.2) is 27.2 Å². The number of aliphatic hydroxyl groups excluding tert-OH is 1. The minimum Gasteiger partial charge on any atom is -0.480 e. The summed E-state index contributed by atoms with van der Waals surface area (Å²) in [6.07, 6.45) is 0.0823. The molecule has 0 aliphatic rings. The molecule has 0 spiro atoms. The van der Waals surface area contributed by atoms with Gasteiger partial charge in [0.05, 0.1) is 0 Å². The summed E-state index contributed by atoms with van der Waals surface area (Å²) >= 11 is 5.65. The van der Waals surface area contributed by atoms with Crippen LogP contribution < -0.4 is 5.73 Å². The van der Waals surface area contributed by atoms with Crippen LogP contribution >= 0.6 is 11.6 Å². The van der Waals surface area contributed by atoms with Crippen molar-refractivity contribution in [3.8, 4) is 0 Å². The van der Waals surface area contributed by atoms with Gasteiger partial charge >= 0.3 is 5.97 Å². The fraction of sp³-hybridized carbons (Fsp3) is 0.250. The molecule has 1 aromatic heterocycles. The Bertz CT molecular complexity index is 345. The Balaban J connectivity index is 2.94. The standard InChI is InChI=1S/C8H9ClN2O3/c9-7-4(2-1-3-11-7)6(12)5(10)8(13)14/h1-3,5-6,12H,10H2,(H,13,14). The van der Waals surface area contributed by atoms with Gasteiger partial charge in [-0.05, 0) is 6.07 Å². The Morgan fingerprint density at radius 3 is 2.79 bits per heavy atom. The fourth-order valence-electron chi connectivity index (χ4n) is 0.948. The summed E-state index contributed by atoms with van der Waals surface area (Å²) in [7, 11) is 0. The summed E-state index contributed by atoms with van der Waals surface area (Å²) in [6, 6.07) is 1.61. The number of aliphatic carboxylic acids is 1. The maximum Gasteiger partial charge on any atom is 0.323 e. The van der Waals surface area contributed by atoms with Gasteiger partial charge in [-0.15, -0.1) is 0 Å². The predicted molar refractivity (Wildman–Crippen MR) is 49.8 cm³/mol. The molecule has 0 aromatic carbocycles. The highest BCUT2D eigenvalue weighted by atomic mass is 35.5. The first-order valence-corrected chi connectivity index (χ1v) is 4.18. The quantitative estimate of drug-likeness (QED) is 0.627. The first-order valence-electron chi connectivity index (χ1n) is 3.81. The van der Waals surface area contributed by atoms with Crippen LogP contribution in [0.15, 0.2) is 18.3 Å². The number of nitrogens with two attached hydrogens (primary N) is 1. The highest BCUT2D eigenvalue weighted by Gasteiger charge is 2.25. The second-order valence-electron chi connectivity index (χ2n) is 2.69. The summed E-state index contributed by atoms with van der Waals surface area (Å²) in [5.74, 6) is -1.29. The Morgan fingerprint density at radius 1 is 1.64 bits per heavy atom. The van der Waals surface area contributed by atoms with Crippen LogP contribution in [0, 0.1) is 0 Å². The summed E-state index contributed by atoms with van der Waals surface area (Å²) in [5, 5.41) is 18.1. The Kier molecular flexibility index (Phi) is 3.40. The van der Waals surface area contributed by atoms with E-state index in [-0.39, 0.29) is 10.7 Å². The zero-order valence-corrected chi connectivity index (χ0v) is 7.85. The number of pyridine rings is 1. The molecule has 76 valence electrons. The fourth-order valence-corrected chi connectivity index (χ4v) is 1.18. The number of carboxylic acids is 1. The van der Waals surface area contributed by atoms with E-state index in [1.807, 2.05) is 0 Å². The number of hydrogen-bond donors (Lipinski definition) is 3. The molecule has 5 nitrogen and oxygen atoms in total. The van der Waals surface area contributed by atoms with E-state index >= 15 is 0 Å². The van der Waals surface area contributed by atoms with Crippen molar-refractivity contribution in [2.24, 2.45) is 5.73 Å². The third-order valence-corrected chi connectivity index (χ3v) is 2.05. The first kappa shape index (κ1) is 10.9. The number of hydrogen-bond acceptors (Lipinski definition) is 4. The molecule has 14 heavy (non-hydrogen) atoms. The Hall–Kier alpha value is -1.17. The predicted octanol–water partition coefficient (Wildman–Crippen LogP) is 0.180. The third-order valence-electron chi connectivity index (χ3n) is 1.73. The number of rotatable bonds is 3. The lowest BCUT2D eigenvalue weighted by Gasteiger charge is -2.15. The van der Waals surface area contributed by atoms with Crippen LogP contribution in [0.1, 0.15) is 11.7 Å². The van der Waals surface area contributed by atoms with E-state index in [0.717, 1.165) is 0 Å². The molecule has 0 fully saturated rings. The zero-order chi connectivity index (χ0) is 10.7. The van der Waals surface area contributed by atoms with E-state index in [4.69, 9.17) is 22.4 Å². The second kappa shape index (κ2) is 4.36. The number of nitrogens with zero attached hydrogens (tertiary/aromatic N) is 1. The molecule has 0 radical (unpaired) electrons. The van der Waals surface area contributed by atoms with Gasteiger partial charge in [-0.3, -0.25) is 4.79 Å². The molecule has 2 atom stereocenters. The van der Waals surface area contributed by atoms with Crippen molar-refractivity contribution >= 4 is 17.6 Å². The molecule has 2 unspecified atom stereocenters. The summed E-state index contributed by atoms with van der Waals surface area (Å²) in [4.78, 5) is 14.2. The first-order chi connectivity index (χ1) is 6.54. The molecule has 0 amide bonds. The number of halogens is 1. The Labute approximate surface area is 85.1 Å². The normalized spacial score (nSPS) is 14.8. The number of aromatic nitrogens is 1. The lowest BCUT2D eigenvalue weighted by atomic mass is 10.1. The van der Waals surface area contributed by atoms with Gasteiger partial charge in [0.1, 0.15) is 17.3 Å². The van der Waals surface area contributed by atoms with Crippen LogP contribution in [0.25, 0.3) is 0 Å². The van der Waals surface area contributed by atoms with Crippen molar-refractivity contribution in [2.45, 2.75) is 12.1 Å². The minimum absolute atomic E-state index is 0.0525. The van der Waals surface area contributed by atoms with Crippen molar-refractivity contribution in [2.75, 3.05) is 0 Å². The van der Waals surface area contributed by atoms with Crippen molar-refractivity contribution in [3.05, 3.63) is 29.0 Å². The van der Waals surface area contributed by atoms with Gasteiger partial charge in [0.2, 0.25) is 0 Å². The average molecular weight is 217 g/mol. The topological polar surface area (TPSA) is 96.4 Å². The monoisotopic (exact) mass is 216 g/mol. The van der Waals surface area contributed by atoms with Crippen molar-refractivity contribution in [1.29, 1.82) is 0 Å². The molecule has 0 saturated carbocycles. The molecule has 0 bridgehead atoms. The van der Waals surface area contributed by atoms with Gasteiger partial charge in [0.25, 0.3) is 0 Å². The minimum atomic E-state index is -1.41. The van der Waals surface area contributed by atoms with Crippen molar-refractivity contribution < 1.29 is 15.0 Å². The summed E-state index contributed by atoms with van der Waals surface area (Å²) in [6.45, 7) is 0. The van der Waals surface area contributed by atoms with Gasteiger partial charge in [-0.25, -0.2) is 4.98 Å². The number of aliphatic hydroxyl groups is 1. The van der Waals surface area contributed by atoms with Gasteiger partial charge < -0.3 is 15.9 Å².